The van der Waals surface area contributed by atoms with Gasteiger partial charge in [0, 0.05) is 23.8 Å². The monoisotopic (exact) mass is 243 g/mol. The van der Waals surface area contributed by atoms with Crippen molar-refractivity contribution < 1.29 is 5.11 Å². The number of halogens is 1. The van der Waals surface area contributed by atoms with Crippen molar-refractivity contribution in [2.24, 2.45) is 0 Å². The number of β-amino-alcohol motifs (C(OH)–C–C–N with tert-alkyl or cyclic N) is 1. The average Bonchev–Trinajstić information content (AvgIpc) is 2.17. The van der Waals surface area contributed by atoms with Gasteiger partial charge in [-0.2, -0.15) is 0 Å². The maximum absolute atomic E-state index is 9.95. The first-order chi connectivity index (χ1) is 7.29. The van der Waals surface area contributed by atoms with Crippen LogP contribution in [-0.4, -0.2) is 22.2 Å². The van der Waals surface area contributed by atoms with E-state index >= 15 is 0 Å². The third-order valence-electron chi connectivity index (χ3n) is 2.10. The topological polar surface area (TPSA) is 71.2 Å². The van der Waals surface area contributed by atoms with E-state index in [1.54, 1.807) is 6.07 Å². The molecule has 90 valence electrons. The molecule has 4 nitrogen and oxygen atoms in total. The van der Waals surface area contributed by atoms with Gasteiger partial charge < -0.3 is 16.2 Å². The second-order valence-corrected chi connectivity index (χ2v) is 5.21. The molecule has 1 heterocycles. The number of aliphatic hydroxyl groups excluding tert-OH is 1. The number of nitrogens with zero attached hydrogens (tertiary/aromatic N) is 1. The molecule has 0 saturated heterocycles. The first kappa shape index (κ1) is 13.2. The second kappa shape index (κ2) is 4.99. The molecule has 0 radical (unpaired) electrons. The Hall–Kier alpha value is -0.840. The second-order valence-electron chi connectivity index (χ2n) is 4.77. The Morgan fingerprint density at radius 1 is 1.56 bits per heavy atom. The van der Waals surface area contributed by atoms with Crippen LogP contribution in [0, 0.1) is 0 Å². The lowest BCUT2D eigenvalue weighted by atomic mass is 10.1. The molecular weight excluding hydrogens is 226 g/mol. The van der Waals surface area contributed by atoms with Crippen LogP contribution in [0.2, 0.25) is 5.02 Å². The van der Waals surface area contributed by atoms with Gasteiger partial charge in [-0.05, 0) is 26.8 Å². The summed E-state index contributed by atoms with van der Waals surface area (Å²) in [4.78, 5) is 3.90. The molecule has 0 spiro atoms. The van der Waals surface area contributed by atoms with Crippen LogP contribution >= 0.6 is 11.6 Å². The van der Waals surface area contributed by atoms with Gasteiger partial charge in [0.15, 0.2) is 0 Å². The fourth-order valence-corrected chi connectivity index (χ4v) is 1.41. The zero-order valence-corrected chi connectivity index (χ0v) is 10.5. The Morgan fingerprint density at radius 2 is 2.19 bits per heavy atom. The average molecular weight is 244 g/mol. The normalized spacial score (nSPS) is 13.8. The third-order valence-corrected chi connectivity index (χ3v) is 2.31. The molecule has 1 aromatic rings. The number of hydrogen-bond acceptors (Lipinski definition) is 4. The Morgan fingerprint density at radius 3 is 2.75 bits per heavy atom. The zero-order chi connectivity index (χ0) is 12.3. The van der Waals surface area contributed by atoms with E-state index in [1.807, 2.05) is 20.8 Å². The summed E-state index contributed by atoms with van der Waals surface area (Å²) in [5.74, 6) is 0.313. The van der Waals surface area contributed by atoms with E-state index in [-0.39, 0.29) is 5.54 Å². The van der Waals surface area contributed by atoms with Crippen molar-refractivity contribution in [1.82, 2.24) is 10.3 Å². The van der Waals surface area contributed by atoms with Gasteiger partial charge in [-0.15, -0.1) is 0 Å². The van der Waals surface area contributed by atoms with Gasteiger partial charge in [0.2, 0.25) is 0 Å². The van der Waals surface area contributed by atoms with Gasteiger partial charge in [0.25, 0.3) is 0 Å². The summed E-state index contributed by atoms with van der Waals surface area (Å²) < 4.78 is 0. The van der Waals surface area contributed by atoms with Crippen molar-refractivity contribution in [2.75, 3.05) is 12.3 Å². The molecule has 0 bridgehead atoms. The highest BCUT2D eigenvalue weighted by Crippen LogP contribution is 2.21. The zero-order valence-electron chi connectivity index (χ0n) is 9.79. The molecule has 0 aliphatic carbocycles. The molecule has 0 fully saturated rings. The molecular formula is C11H18ClN3O. The Balaban J connectivity index is 2.73. The highest BCUT2D eigenvalue weighted by molar-refractivity contribution is 6.30. The van der Waals surface area contributed by atoms with E-state index in [4.69, 9.17) is 17.3 Å². The summed E-state index contributed by atoms with van der Waals surface area (Å²) in [6.07, 6.45) is 0.759. The minimum absolute atomic E-state index is 0.0538. The number of hydrogen-bond donors (Lipinski definition) is 3. The lowest BCUT2D eigenvalue weighted by Crippen LogP contribution is -2.38. The number of aliphatic hydroxyl groups is 1. The molecule has 0 saturated carbocycles. The van der Waals surface area contributed by atoms with E-state index in [9.17, 15) is 5.11 Å². The van der Waals surface area contributed by atoms with Crippen molar-refractivity contribution in [1.29, 1.82) is 0 Å². The number of nitrogens with two attached hydrogens (primary N) is 1. The van der Waals surface area contributed by atoms with E-state index in [1.165, 1.54) is 6.20 Å². The molecule has 4 N–H and O–H groups in total. The molecule has 0 aromatic carbocycles. The highest BCUT2D eigenvalue weighted by atomic mass is 35.5. The molecule has 1 aromatic heterocycles. The summed E-state index contributed by atoms with van der Waals surface area (Å²) in [5.41, 5.74) is 6.18. The molecule has 0 aliphatic heterocycles. The van der Waals surface area contributed by atoms with Crippen molar-refractivity contribution in [3.8, 4) is 0 Å². The Labute approximate surface area is 101 Å². The van der Waals surface area contributed by atoms with Crippen LogP contribution in [0.25, 0.3) is 0 Å². The molecule has 1 atom stereocenters. The van der Waals surface area contributed by atoms with Gasteiger partial charge in [-0.3, -0.25) is 0 Å². The first-order valence-corrected chi connectivity index (χ1v) is 5.51. The largest absolute Gasteiger partial charge is 0.387 e. The smallest absolute Gasteiger partial charge is 0.129 e. The van der Waals surface area contributed by atoms with E-state index in [0.29, 0.717) is 22.9 Å². The van der Waals surface area contributed by atoms with Crippen molar-refractivity contribution in [2.45, 2.75) is 32.4 Å². The summed E-state index contributed by atoms with van der Waals surface area (Å²) >= 11 is 5.80. The van der Waals surface area contributed by atoms with E-state index < -0.39 is 6.10 Å². The van der Waals surface area contributed by atoms with Gasteiger partial charge in [0.1, 0.15) is 5.82 Å². The van der Waals surface area contributed by atoms with Crippen molar-refractivity contribution >= 4 is 17.4 Å². The number of rotatable bonds is 3. The molecule has 1 rings (SSSR count). The van der Waals surface area contributed by atoms with Crippen molar-refractivity contribution in [3.63, 3.8) is 0 Å². The van der Waals surface area contributed by atoms with E-state index in [2.05, 4.69) is 10.3 Å². The molecule has 0 amide bonds. The summed E-state index contributed by atoms with van der Waals surface area (Å²) in [7, 11) is 0. The Bertz CT molecular complexity index is 363. The molecule has 16 heavy (non-hydrogen) atoms. The number of nitrogens with one attached hydrogen (secondary N) is 1. The van der Waals surface area contributed by atoms with Crippen LogP contribution in [-0.2, 0) is 0 Å². The number of anilines is 1. The van der Waals surface area contributed by atoms with Crippen LogP contribution in [0.1, 0.15) is 32.4 Å². The Kier molecular flexibility index (Phi) is 4.13. The molecule has 0 aliphatic rings. The third kappa shape index (κ3) is 3.96. The quantitative estimate of drug-likeness (QED) is 0.756. The maximum Gasteiger partial charge on any atom is 0.129 e. The maximum atomic E-state index is 9.95. The lowest BCUT2D eigenvalue weighted by molar-refractivity contribution is 0.163. The lowest BCUT2D eigenvalue weighted by Gasteiger charge is -2.23. The first-order valence-electron chi connectivity index (χ1n) is 5.13. The molecule has 5 heteroatoms. The standard InChI is InChI=1S/C11H18ClN3O/c1-11(2,3)15-6-9(16)8-4-7(12)5-14-10(8)13/h4-5,9,15-16H,6H2,1-3H3,(H2,13,14). The predicted octanol–water partition coefficient (Wildman–Crippen LogP) is 1.74. The highest BCUT2D eigenvalue weighted by Gasteiger charge is 2.16. The van der Waals surface area contributed by atoms with Crippen LogP contribution in [0.4, 0.5) is 5.82 Å². The van der Waals surface area contributed by atoms with Gasteiger partial charge in [-0.1, -0.05) is 11.6 Å². The van der Waals surface area contributed by atoms with Gasteiger partial charge >= 0.3 is 0 Å². The summed E-state index contributed by atoms with van der Waals surface area (Å²) in [6.45, 7) is 6.49. The summed E-state index contributed by atoms with van der Waals surface area (Å²) in [5, 5.41) is 13.6. The van der Waals surface area contributed by atoms with Crippen molar-refractivity contribution in [3.05, 3.63) is 22.8 Å². The predicted molar refractivity (Wildman–Crippen MR) is 66.4 cm³/mol. The van der Waals surface area contributed by atoms with Gasteiger partial charge in [0.05, 0.1) is 11.1 Å². The minimum atomic E-state index is -0.703. The van der Waals surface area contributed by atoms with Crippen LogP contribution < -0.4 is 11.1 Å². The number of pyridine rings is 1. The minimum Gasteiger partial charge on any atom is -0.387 e. The van der Waals surface area contributed by atoms with Crippen LogP contribution in [0.3, 0.4) is 0 Å². The number of nitrogen functional groups attached to an aromatic ring is 1. The van der Waals surface area contributed by atoms with E-state index in [0.717, 1.165) is 0 Å². The van der Waals surface area contributed by atoms with Crippen LogP contribution in [0.15, 0.2) is 12.3 Å². The van der Waals surface area contributed by atoms with Gasteiger partial charge in [-0.25, -0.2) is 4.98 Å². The SMILES string of the molecule is CC(C)(C)NCC(O)c1cc(Cl)cnc1N. The van der Waals surface area contributed by atoms with Crippen LogP contribution in [0.5, 0.6) is 0 Å². The summed E-state index contributed by atoms with van der Waals surface area (Å²) in [6, 6.07) is 1.64. The number of aromatic nitrogens is 1. The molecule has 1 unspecified atom stereocenters. The fourth-order valence-electron chi connectivity index (χ4n) is 1.25. The fraction of sp³-hybridized carbons (Fsp3) is 0.545.